The number of anilines is 2. The molecule has 1 N–H and O–H groups in total. The Morgan fingerprint density at radius 3 is 2.70 bits per heavy atom. The van der Waals surface area contributed by atoms with E-state index in [0.717, 1.165) is 49.5 Å². The monoisotopic (exact) mass is 396 g/mol. The lowest BCUT2D eigenvalue weighted by atomic mass is 9.92. The van der Waals surface area contributed by atoms with E-state index >= 15 is 0 Å². The predicted molar refractivity (Wildman–Crippen MR) is 119 cm³/mol. The van der Waals surface area contributed by atoms with Gasteiger partial charge < -0.3 is 5.32 Å². The summed E-state index contributed by atoms with van der Waals surface area (Å²) < 4.78 is 0. The van der Waals surface area contributed by atoms with Crippen LogP contribution in [-0.4, -0.2) is 37.9 Å². The van der Waals surface area contributed by atoms with Crippen LogP contribution in [0.1, 0.15) is 30.0 Å². The van der Waals surface area contributed by atoms with E-state index in [1.54, 1.807) is 18.6 Å². The van der Waals surface area contributed by atoms with Gasteiger partial charge in [-0.3, -0.25) is 14.9 Å². The van der Waals surface area contributed by atoms with E-state index in [4.69, 9.17) is 4.98 Å². The summed E-state index contributed by atoms with van der Waals surface area (Å²) in [6, 6.07) is 16.9. The Balaban J connectivity index is 1.21. The number of piperidine rings is 1. The highest BCUT2D eigenvalue weighted by Crippen LogP contribution is 2.29. The zero-order chi connectivity index (χ0) is 20.2. The molecule has 1 aromatic carbocycles. The molecule has 1 saturated heterocycles. The first-order chi connectivity index (χ1) is 14.8. The summed E-state index contributed by atoms with van der Waals surface area (Å²) in [6.45, 7) is 3.15. The molecular weight excluding hydrogens is 372 g/mol. The number of fused-ring (bicyclic) bond motifs is 1. The molecule has 0 atom stereocenters. The summed E-state index contributed by atoms with van der Waals surface area (Å²) >= 11 is 0. The Bertz CT molecular complexity index is 1120. The van der Waals surface area contributed by atoms with Gasteiger partial charge in [-0.15, -0.1) is 0 Å². The second-order valence-corrected chi connectivity index (χ2v) is 7.74. The SMILES string of the molecule is c1cc(Nc2cnccn2)nc(C2CCN(Cc3ccc4ncccc4c3)CC2)c1. The van der Waals surface area contributed by atoms with E-state index in [-0.39, 0.29) is 0 Å². The van der Waals surface area contributed by atoms with Gasteiger partial charge >= 0.3 is 0 Å². The van der Waals surface area contributed by atoms with Crippen molar-refractivity contribution in [3.63, 3.8) is 0 Å². The van der Waals surface area contributed by atoms with Gasteiger partial charge in [-0.25, -0.2) is 9.97 Å². The second-order valence-electron chi connectivity index (χ2n) is 7.74. The number of nitrogens with zero attached hydrogens (tertiary/aromatic N) is 5. The third-order valence-corrected chi connectivity index (χ3v) is 5.67. The Morgan fingerprint density at radius 2 is 1.83 bits per heavy atom. The fraction of sp³-hybridized carbons (Fsp3) is 0.250. The third kappa shape index (κ3) is 4.28. The summed E-state index contributed by atoms with van der Waals surface area (Å²) in [5.41, 5.74) is 3.56. The van der Waals surface area contributed by atoms with E-state index in [0.29, 0.717) is 11.7 Å². The summed E-state index contributed by atoms with van der Waals surface area (Å²) in [6.07, 6.45) is 9.13. The summed E-state index contributed by atoms with van der Waals surface area (Å²) in [5.74, 6) is 2.02. The molecule has 0 bridgehead atoms. The van der Waals surface area contributed by atoms with E-state index < -0.39 is 0 Å². The number of pyridine rings is 2. The number of aromatic nitrogens is 4. The van der Waals surface area contributed by atoms with Crippen LogP contribution in [0.3, 0.4) is 0 Å². The minimum absolute atomic E-state index is 0.491. The third-order valence-electron chi connectivity index (χ3n) is 5.67. The molecule has 1 aliphatic rings. The summed E-state index contributed by atoms with van der Waals surface area (Å²) in [5, 5.41) is 4.45. The van der Waals surface area contributed by atoms with Crippen LogP contribution < -0.4 is 5.32 Å². The molecule has 4 heterocycles. The number of nitrogens with one attached hydrogen (secondary N) is 1. The van der Waals surface area contributed by atoms with Crippen LogP contribution in [0, 0.1) is 0 Å². The van der Waals surface area contributed by atoms with Crippen LogP contribution >= 0.6 is 0 Å². The van der Waals surface area contributed by atoms with Gasteiger partial charge in [-0.2, -0.15) is 0 Å². The lowest BCUT2D eigenvalue weighted by Gasteiger charge is -2.31. The summed E-state index contributed by atoms with van der Waals surface area (Å²) in [7, 11) is 0. The van der Waals surface area contributed by atoms with E-state index in [2.05, 4.69) is 61.6 Å². The van der Waals surface area contributed by atoms with Crippen molar-refractivity contribution in [3.8, 4) is 0 Å². The second kappa shape index (κ2) is 8.55. The van der Waals surface area contributed by atoms with Crippen molar-refractivity contribution in [2.75, 3.05) is 18.4 Å². The number of hydrogen-bond donors (Lipinski definition) is 1. The van der Waals surface area contributed by atoms with Crippen molar-refractivity contribution in [2.45, 2.75) is 25.3 Å². The van der Waals surface area contributed by atoms with Crippen LogP contribution in [0.5, 0.6) is 0 Å². The van der Waals surface area contributed by atoms with Gasteiger partial charge in [0.15, 0.2) is 0 Å². The average molecular weight is 396 g/mol. The molecule has 6 nitrogen and oxygen atoms in total. The molecule has 4 aromatic rings. The average Bonchev–Trinajstić information content (AvgIpc) is 2.80. The number of hydrogen-bond acceptors (Lipinski definition) is 6. The van der Waals surface area contributed by atoms with Gasteiger partial charge in [0.1, 0.15) is 11.6 Å². The lowest BCUT2D eigenvalue weighted by molar-refractivity contribution is 0.203. The number of benzene rings is 1. The van der Waals surface area contributed by atoms with E-state index in [9.17, 15) is 0 Å². The maximum atomic E-state index is 4.83. The van der Waals surface area contributed by atoms with Gasteiger partial charge in [0.25, 0.3) is 0 Å². The van der Waals surface area contributed by atoms with Crippen molar-refractivity contribution < 1.29 is 0 Å². The van der Waals surface area contributed by atoms with Crippen molar-refractivity contribution in [2.24, 2.45) is 0 Å². The molecule has 0 unspecified atom stereocenters. The minimum atomic E-state index is 0.491. The fourth-order valence-corrected chi connectivity index (χ4v) is 4.11. The topological polar surface area (TPSA) is 66.8 Å². The highest BCUT2D eigenvalue weighted by molar-refractivity contribution is 5.78. The first-order valence-electron chi connectivity index (χ1n) is 10.4. The highest BCUT2D eigenvalue weighted by atomic mass is 15.1. The van der Waals surface area contributed by atoms with Crippen molar-refractivity contribution >= 4 is 22.5 Å². The smallest absolute Gasteiger partial charge is 0.150 e. The maximum absolute atomic E-state index is 4.83. The fourth-order valence-electron chi connectivity index (χ4n) is 4.11. The van der Waals surface area contributed by atoms with Crippen LogP contribution in [0.4, 0.5) is 11.6 Å². The minimum Gasteiger partial charge on any atom is -0.324 e. The molecular formula is C24H24N6. The Labute approximate surface area is 176 Å². The van der Waals surface area contributed by atoms with Gasteiger partial charge in [0.05, 0.1) is 11.7 Å². The van der Waals surface area contributed by atoms with Gasteiger partial charge in [0, 0.05) is 42.1 Å². The molecule has 1 fully saturated rings. The zero-order valence-electron chi connectivity index (χ0n) is 16.8. The van der Waals surface area contributed by atoms with Crippen molar-refractivity contribution in [1.82, 2.24) is 24.8 Å². The quantitative estimate of drug-likeness (QED) is 0.534. The van der Waals surface area contributed by atoms with E-state index in [1.165, 1.54) is 10.9 Å². The zero-order valence-corrected chi connectivity index (χ0v) is 16.8. The molecule has 1 aliphatic heterocycles. The van der Waals surface area contributed by atoms with Crippen LogP contribution in [-0.2, 0) is 6.54 Å². The van der Waals surface area contributed by atoms with Crippen LogP contribution in [0.2, 0.25) is 0 Å². The molecule has 0 radical (unpaired) electrons. The molecule has 0 amide bonds. The molecule has 0 saturated carbocycles. The molecule has 0 spiro atoms. The van der Waals surface area contributed by atoms with E-state index in [1.807, 2.05) is 18.3 Å². The van der Waals surface area contributed by atoms with Crippen LogP contribution in [0.15, 0.2) is 73.3 Å². The Kier molecular flexibility index (Phi) is 5.31. The molecule has 3 aromatic heterocycles. The Hall–Kier alpha value is -3.38. The molecule has 6 heteroatoms. The highest BCUT2D eigenvalue weighted by Gasteiger charge is 2.22. The molecule has 150 valence electrons. The number of rotatable bonds is 5. The van der Waals surface area contributed by atoms with Crippen molar-refractivity contribution in [3.05, 3.63) is 84.6 Å². The lowest BCUT2D eigenvalue weighted by Crippen LogP contribution is -2.32. The maximum Gasteiger partial charge on any atom is 0.150 e. The molecule has 5 rings (SSSR count). The van der Waals surface area contributed by atoms with Gasteiger partial charge in [-0.1, -0.05) is 18.2 Å². The Morgan fingerprint density at radius 1 is 0.900 bits per heavy atom. The first kappa shape index (κ1) is 18.6. The van der Waals surface area contributed by atoms with Crippen molar-refractivity contribution in [1.29, 1.82) is 0 Å². The normalized spacial score (nSPS) is 15.3. The number of likely N-dealkylation sites (tertiary alicyclic amines) is 1. The van der Waals surface area contributed by atoms with Crippen LogP contribution in [0.25, 0.3) is 10.9 Å². The standard InChI is InChI=1S/C24H24N6/c1-4-22(28-23(5-1)29-24-16-25-11-12-27-24)19-8-13-30(14-9-19)17-18-6-7-21-20(15-18)3-2-10-26-21/h1-7,10-12,15-16,19H,8-9,13-14,17H2,(H,27,28,29). The molecule has 0 aliphatic carbocycles. The summed E-state index contributed by atoms with van der Waals surface area (Å²) in [4.78, 5) is 20.1. The van der Waals surface area contributed by atoms with Gasteiger partial charge in [-0.05, 0) is 61.8 Å². The molecule has 30 heavy (non-hydrogen) atoms. The van der Waals surface area contributed by atoms with Gasteiger partial charge in [0.2, 0.25) is 0 Å². The first-order valence-corrected chi connectivity index (χ1v) is 10.4. The predicted octanol–water partition coefficient (Wildman–Crippen LogP) is 4.54. The largest absolute Gasteiger partial charge is 0.324 e.